The number of nitrogens with one attached hydrogen (secondary N) is 1. The average Bonchev–Trinajstić information content (AvgIpc) is 2.68. The number of hydrogen-bond acceptors (Lipinski definition) is 1. The molecule has 0 aromatic carbocycles. The minimum Gasteiger partial charge on any atom is -0.316 e. The zero-order valence-corrected chi connectivity index (χ0v) is 12.5. The molecule has 118 valence electrons. The van der Waals surface area contributed by atoms with Gasteiger partial charge in [0, 0.05) is 6.04 Å². The summed E-state index contributed by atoms with van der Waals surface area (Å²) in [5.74, 6) is 0.0713. The Balaban J connectivity index is 1.89. The lowest BCUT2D eigenvalue weighted by Crippen LogP contribution is -2.43. The summed E-state index contributed by atoms with van der Waals surface area (Å²) in [4.78, 5) is 0. The molecule has 0 heterocycles. The van der Waals surface area contributed by atoms with Crippen LogP contribution in [0.5, 0.6) is 0 Å². The minimum atomic E-state index is -3.98. The van der Waals surface area contributed by atoms with E-state index in [1.54, 1.807) is 0 Å². The summed E-state index contributed by atoms with van der Waals surface area (Å²) in [7, 11) is 1.99. The van der Waals surface area contributed by atoms with Gasteiger partial charge in [0.2, 0.25) is 0 Å². The van der Waals surface area contributed by atoms with Crippen molar-refractivity contribution in [2.24, 2.45) is 17.8 Å². The highest BCUT2D eigenvalue weighted by Crippen LogP contribution is 2.42. The van der Waals surface area contributed by atoms with Crippen LogP contribution < -0.4 is 5.32 Å². The van der Waals surface area contributed by atoms with E-state index in [4.69, 9.17) is 0 Å². The second kappa shape index (κ2) is 7.15. The molecule has 0 radical (unpaired) electrons. The van der Waals surface area contributed by atoms with Crippen molar-refractivity contribution >= 4 is 0 Å². The average molecular weight is 291 g/mol. The Labute approximate surface area is 120 Å². The SMILES string of the molecule is CNC(C1CCCCCC1)C1CCC(C(F)(F)F)CC1. The van der Waals surface area contributed by atoms with Gasteiger partial charge < -0.3 is 5.32 Å². The van der Waals surface area contributed by atoms with Crippen molar-refractivity contribution in [2.45, 2.75) is 76.4 Å². The molecule has 20 heavy (non-hydrogen) atoms. The third-order valence-corrected chi connectivity index (χ3v) is 5.48. The van der Waals surface area contributed by atoms with Gasteiger partial charge in [-0.2, -0.15) is 13.2 Å². The maximum atomic E-state index is 12.7. The van der Waals surface area contributed by atoms with Crippen LogP contribution in [0.1, 0.15) is 64.2 Å². The van der Waals surface area contributed by atoms with Crippen molar-refractivity contribution in [3.05, 3.63) is 0 Å². The molecular weight excluding hydrogens is 263 g/mol. The van der Waals surface area contributed by atoms with E-state index in [2.05, 4.69) is 5.32 Å². The molecule has 2 saturated carbocycles. The molecule has 0 saturated heterocycles. The lowest BCUT2D eigenvalue weighted by atomic mass is 9.73. The van der Waals surface area contributed by atoms with Gasteiger partial charge in [-0.15, -0.1) is 0 Å². The molecule has 0 aromatic heterocycles. The van der Waals surface area contributed by atoms with Crippen molar-refractivity contribution < 1.29 is 13.2 Å². The number of alkyl halides is 3. The van der Waals surface area contributed by atoms with E-state index >= 15 is 0 Å². The lowest BCUT2D eigenvalue weighted by molar-refractivity contribution is -0.184. The second-order valence-corrected chi connectivity index (χ2v) is 6.72. The third kappa shape index (κ3) is 4.12. The Kier molecular flexibility index (Phi) is 5.76. The Hall–Kier alpha value is -0.250. The van der Waals surface area contributed by atoms with Crippen LogP contribution >= 0.6 is 0 Å². The molecule has 4 heteroatoms. The van der Waals surface area contributed by atoms with Crippen LogP contribution in [0.2, 0.25) is 0 Å². The predicted octanol–water partition coefficient (Wildman–Crippen LogP) is 4.91. The van der Waals surface area contributed by atoms with E-state index in [1.165, 1.54) is 38.5 Å². The second-order valence-electron chi connectivity index (χ2n) is 6.72. The van der Waals surface area contributed by atoms with Crippen LogP contribution in [0.3, 0.4) is 0 Å². The van der Waals surface area contributed by atoms with Gasteiger partial charge in [0.05, 0.1) is 5.92 Å². The van der Waals surface area contributed by atoms with Gasteiger partial charge in [0.1, 0.15) is 0 Å². The van der Waals surface area contributed by atoms with Gasteiger partial charge in [-0.1, -0.05) is 25.7 Å². The van der Waals surface area contributed by atoms with Gasteiger partial charge in [0.25, 0.3) is 0 Å². The maximum absolute atomic E-state index is 12.7. The summed E-state index contributed by atoms with van der Waals surface area (Å²) >= 11 is 0. The van der Waals surface area contributed by atoms with Gasteiger partial charge in [-0.3, -0.25) is 0 Å². The van der Waals surface area contributed by atoms with E-state index in [9.17, 15) is 13.2 Å². The summed E-state index contributed by atoms with van der Waals surface area (Å²) in [6, 6.07) is 0.433. The monoisotopic (exact) mass is 291 g/mol. The first-order chi connectivity index (χ1) is 9.52. The van der Waals surface area contributed by atoms with E-state index in [0.717, 1.165) is 12.8 Å². The number of rotatable bonds is 3. The molecule has 0 spiro atoms. The van der Waals surface area contributed by atoms with E-state index in [-0.39, 0.29) is 0 Å². The molecule has 0 aliphatic heterocycles. The van der Waals surface area contributed by atoms with Gasteiger partial charge >= 0.3 is 6.18 Å². The molecule has 0 aromatic rings. The van der Waals surface area contributed by atoms with E-state index < -0.39 is 12.1 Å². The molecule has 2 fully saturated rings. The molecule has 2 rings (SSSR count). The van der Waals surface area contributed by atoms with Crippen LogP contribution in [-0.2, 0) is 0 Å². The fourth-order valence-corrected chi connectivity index (χ4v) is 4.33. The van der Waals surface area contributed by atoms with Crippen LogP contribution in [-0.4, -0.2) is 19.3 Å². The molecule has 1 N–H and O–H groups in total. The summed E-state index contributed by atoms with van der Waals surface area (Å²) in [5, 5.41) is 3.44. The summed E-state index contributed by atoms with van der Waals surface area (Å²) in [6.07, 6.45) is 5.91. The molecule has 0 bridgehead atoms. The van der Waals surface area contributed by atoms with Gasteiger partial charge in [-0.05, 0) is 57.4 Å². The Morgan fingerprint density at radius 3 is 1.75 bits per heavy atom. The normalized spacial score (nSPS) is 31.8. The fourth-order valence-electron chi connectivity index (χ4n) is 4.33. The zero-order valence-electron chi connectivity index (χ0n) is 12.5. The van der Waals surface area contributed by atoms with Crippen molar-refractivity contribution in [1.82, 2.24) is 5.32 Å². The zero-order chi connectivity index (χ0) is 14.6. The Morgan fingerprint density at radius 2 is 1.30 bits per heavy atom. The molecule has 1 nitrogen and oxygen atoms in total. The van der Waals surface area contributed by atoms with E-state index in [0.29, 0.717) is 30.7 Å². The fraction of sp³-hybridized carbons (Fsp3) is 1.00. The van der Waals surface area contributed by atoms with Gasteiger partial charge in [-0.25, -0.2) is 0 Å². The molecular formula is C16H28F3N. The highest BCUT2D eigenvalue weighted by atomic mass is 19.4. The largest absolute Gasteiger partial charge is 0.391 e. The van der Waals surface area contributed by atoms with Gasteiger partial charge in [0.15, 0.2) is 0 Å². The molecule has 1 unspecified atom stereocenters. The maximum Gasteiger partial charge on any atom is 0.391 e. The predicted molar refractivity (Wildman–Crippen MR) is 75.5 cm³/mol. The van der Waals surface area contributed by atoms with Crippen LogP contribution in [0, 0.1) is 17.8 Å². The molecule has 0 amide bonds. The highest BCUT2D eigenvalue weighted by Gasteiger charge is 2.43. The minimum absolute atomic E-state index is 0.332. The summed E-state index contributed by atoms with van der Waals surface area (Å²) in [6.45, 7) is 0. The first kappa shape index (κ1) is 16.1. The van der Waals surface area contributed by atoms with Crippen molar-refractivity contribution in [3.8, 4) is 0 Å². The molecule has 2 aliphatic carbocycles. The molecule has 1 atom stereocenters. The van der Waals surface area contributed by atoms with Crippen molar-refractivity contribution in [3.63, 3.8) is 0 Å². The van der Waals surface area contributed by atoms with Crippen molar-refractivity contribution in [2.75, 3.05) is 7.05 Å². The van der Waals surface area contributed by atoms with E-state index in [1.807, 2.05) is 7.05 Å². The Bertz CT molecular complexity index is 274. The topological polar surface area (TPSA) is 12.0 Å². The van der Waals surface area contributed by atoms with Crippen LogP contribution in [0.4, 0.5) is 13.2 Å². The number of hydrogen-bond donors (Lipinski definition) is 1. The highest BCUT2D eigenvalue weighted by molar-refractivity contribution is 4.88. The first-order valence-corrected chi connectivity index (χ1v) is 8.26. The summed E-state index contributed by atoms with van der Waals surface area (Å²) < 4.78 is 38.2. The standard InChI is InChI=1S/C16H28F3N/c1-20-15(12-6-4-2-3-5-7-12)13-8-10-14(11-9-13)16(17,18)19/h12-15,20H,2-11H2,1H3. The van der Waals surface area contributed by atoms with Crippen molar-refractivity contribution in [1.29, 1.82) is 0 Å². The Morgan fingerprint density at radius 1 is 0.800 bits per heavy atom. The number of halogens is 3. The van der Waals surface area contributed by atoms with Crippen LogP contribution in [0.25, 0.3) is 0 Å². The first-order valence-electron chi connectivity index (χ1n) is 8.26. The molecule has 2 aliphatic rings. The smallest absolute Gasteiger partial charge is 0.316 e. The third-order valence-electron chi connectivity index (χ3n) is 5.48. The summed E-state index contributed by atoms with van der Waals surface area (Å²) in [5.41, 5.74) is 0. The van der Waals surface area contributed by atoms with Crippen LogP contribution in [0.15, 0.2) is 0 Å². The lowest BCUT2D eigenvalue weighted by Gasteiger charge is -2.38. The quantitative estimate of drug-likeness (QED) is 0.728.